The first-order chi connectivity index (χ1) is 18.2. The Labute approximate surface area is 212 Å². The average molecular weight is 477 g/mol. The molecule has 3 aromatic heterocycles. The second-order valence-electron chi connectivity index (χ2n) is 9.95. The van der Waals surface area contributed by atoms with E-state index in [1.165, 1.54) is 59.6 Å². The molecule has 0 radical (unpaired) electrons. The molecule has 1 N–H and O–H groups in total. The van der Waals surface area contributed by atoms with Gasteiger partial charge in [-0.1, -0.05) is 73.7 Å². The van der Waals surface area contributed by atoms with Crippen molar-refractivity contribution in [2.24, 2.45) is 4.99 Å². The Morgan fingerprint density at radius 2 is 1.30 bits per heavy atom. The minimum absolute atomic E-state index is 0.258. The fourth-order valence-corrected chi connectivity index (χ4v) is 6.34. The van der Waals surface area contributed by atoms with Gasteiger partial charge >= 0.3 is 0 Å². The highest BCUT2D eigenvalue weighted by atomic mass is 15.2. The van der Waals surface area contributed by atoms with Crippen LogP contribution in [0.25, 0.3) is 70.7 Å². The first-order valence-corrected chi connectivity index (χ1v) is 12.8. The molecule has 3 heterocycles. The molecule has 0 saturated heterocycles. The van der Waals surface area contributed by atoms with Crippen molar-refractivity contribution in [2.75, 3.05) is 0 Å². The van der Waals surface area contributed by atoms with Crippen molar-refractivity contribution in [3.05, 3.63) is 91.0 Å². The van der Waals surface area contributed by atoms with E-state index in [1.54, 1.807) is 0 Å². The SMILES string of the molecule is CC/C(C)=N/C(=N)n1c2cccc3c4cccc5cccc(c54)n4c5ccccc5c5ccc1c(c32)c54. The second-order valence-corrected chi connectivity index (χ2v) is 9.95. The third-order valence-corrected chi connectivity index (χ3v) is 8.02. The minimum Gasteiger partial charge on any atom is -0.308 e. The summed E-state index contributed by atoms with van der Waals surface area (Å²) in [7, 11) is 0. The highest BCUT2D eigenvalue weighted by Gasteiger charge is 2.23. The molecular weight excluding hydrogens is 452 g/mol. The van der Waals surface area contributed by atoms with E-state index < -0.39 is 0 Å². The topological polar surface area (TPSA) is 45.5 Å². The molecule has 0 amide bonds. The van der Waals surface area contributed by atoms with Gasteiger partial charge in [-0.15, -0.1) is 0 Å². The van der Waals surface area contributed by atoms with Gasteiger partial charge in [0.2, 0.25) is 5.96 Å². The van der Waals surface area contributed by atoms with Crippen molar-refractivity contribution >= 4 is 82.3 Å². The van der Waals surface area contributed by atoms with E-state index in [0.717, 1.165) is 23.2 Å². The van der Waals surface area contributed by atoms with Crippen LogP contribution in [0.1, 0.15) is 20.3 Å². The molecule has 4 heteroatoms. The lowest BCUT2D eigenvalue weighted by molar-refractivity contribution is 1.17. The van der Waals surface area contributed by atoms with Crippen molar-refractivity contribution < 1.29 is 0 Å². The Kier molecular flexibility index (Phi) is 3.97. The molecule has 0 saturated carbocycles. The van der Waals surface area contributed by atoms with Crippen LogP contribution in [0.3, 0.4) is 0 Å². The molecule has 5 aromatic carbocycles. The Morgan fingerprint density at radius 3 is 2.14 bits per heavy atom. The highest BCUT2D eigenvalue weighted by Crippen LogP contribution is 2.44. The smallest absolute Gasteiger partial charge is 0.226 e. The van der Waals surface area contributed by atoms with E-state index in [9.17, 15) is 0 Å². The van der Waals surface area contributed by atoms with Gasteiger partial charge in [0.15, 0.2) is 0 Å². The molecular formula is C33H24N4. The molecule has 0 aliphatic rings. The minimum atomic E-state index is 0.258. The summed E-state index contributed by atoms with van der Waals surface area (Å²) in [6.07, 6.45) is 0.820. The van der Waals surface area contributed by atoms with Crippen LogP contribution in [0.2, 0.25) is 0 Å². The number of benzene rings is 5. The molecule has 0 atom stereocenters. The zero-order chi connectivity index (χ0) is 24.8. The predicted octanol–water partition coefficient (Wildman–Crippen LogP) is 8.75. The van der Waals surface area contributed by atoms with Crippen molar-refractivity contribution in [3.63, 3.8) is 0 Å². The number of hydrogen-bond donors (Lipinski definition) is 1. The molecule has 0 aliphatic heterocycles. The number of hydrogen-bond acceptors (Lipinski definition) is 1. The van der Waals surface area contributed by atoms with E-state index in [1.807, 2.05) is 11.5 Å². The van der Waals surface area contributed by atoms with E-state index in [2.05, 4.69) is 107 Å². The molecule has 0 spiro atoms. The van der Waals surface area contributed by atoms with Crippen LogP contribution in [0.15, 0.2) is 96.0 Å². The third kappa shape index (κ3) is 2.52. The maximum atomic E-state index is 9.07. The molecule has 176 valence electrons. The van der Waals surface area contributed by atoms with Crippen LogP contribution < -0.4 is 0 Å². The Morgan fingerprint density at radius 1 is 0.649 bits per heavy atom. The first kappa shape index (κ1) is 20.5. The average Bonchev–Trinajstić information content (AvgIpc) is 3.44. The summed E-state index contributed by atoms with van der Waals surface area (Å²) in [5, 5.41) is 18.8. The predicted molar refractivity (Wildman–Crippen MR) is 158 cm³/mol. The number of rotatable bonds is 1. The molecule has 0 aliphatic carbocycles. The number of fused-ring (bicyclic) bond motifs is 5. The van der Waals surface area contributed by atoms with Gasteiger partial charge < -0.3 is 4.40 Å². The normalized spacial score (nSPS) is 13.0. The van der Waals surface area contributed by atoms with E-state index in [-0.39, 0.29) is 5.96 Å². The van der Waals surface area contributed by atoms with Crippen LogP contribution in [0.4, 0.5) is 0 Å². The van der Waals surface area contributed by atoms with Crippen LogP contribution >= 0.6 is 0 Å². The van der Waals surface area contributed by atoms with Crippen LogP contribution in [0.5, 0.6) is 0 Å². The molecule has 4 nitrogen and oxygen atoms in total. The Balaban J connectivity index is 1.80. The lowest BCUT2D eigenvalue weighted by atomic mass is 9.98. The number of aliphatic imine (C=N–C) groups is 1. The van der Waals surface area contributed by atoms with Gasteiger partial charge in [-0.2, -0.15) is 0 Å². The van der Waals surface area contributed by atoms with Gasteiger partial charge in [0, 0.05) is 32.6 Å². The zero-order valence-electron chi connectivity index (χ0n) is 20.7. The van der Waals surface area contributed by atoms with Crippen molar-refractivity contribution in [2.45, 2.75) is 20.3 Å². The summed E-state index contributed by atoms with van der Waals surface area (Å²) in [4.78, 5) is 4.69. The lowest BCUT2D eigenvalue weighted by Crippen LogP contribution is -2.09. The fraction of sp³-hybridized carbons (Fsp3) is 0.0909. The van der Waals surface area contributed by atoms with Gasteiger partial charge in [-0.05, 0) is 53.8 Å². The van der Waals surface area contributed by atoms with Gasteiger partial charge in [0.25, 0.3) is 0 Å². The maximum Gasteiger partial charge on any atom is 0.226 e. The number of aromatic nitrogens is 2. The summed E-state index contributed by atoms with van der Waals surface area (Å²) < 4.78 is 4.48. The second kappa shape index (κ2) is 7.17. The lowest BCUT2D eigenvalue weighted by Gasteiger charge is -2.11. The molecule has 8 aromatic rings. The first-order valence-electron chi connectivity index (χ1n) is 12.8. The number of nitrogens with zero attached hydrogens (tertiary/aromatic N) is 3. The summed E-state index contributed by atoms with van der Waals surface area (Å²) in [5.41, 5.74) is 6.57. The van der Waals surface area contributed by atoms with Gasteiger partial charge in [-0.25, -0.2) is 4.99 Å². The van der Waals surface area contributed by atoms with Gasteiger partial charge in [0.05, 0.1) is 27.6 Å². The van der Waals surface area contributed by atoms with Crippen molar-refractivity contribution in [1.82, 2.24) is 8.97 Å². The quantitative estimate of drug-likeness (QED) is 0.182. The molecule has 37 heavy (non-hydrogen) atoms. The van der Waals surface area contributed by atoms with Crippen LogP contribution in [-0.4, -0.2) is 20.6 Å². The molecule has 0 bridgehead atoms. The van der Waals surface area contributed by atoms with E-state index in [4.69, 9.17) is 5.41 Å². The fourth-order valence-electron chi connectivity index (χ4n) is 6.34. The summed E-state index contributed by atoms with van der Waals surface area (Å²) in [6, 6.07) is 32.8. The molecule has 0 unspecified atom stereocenters. The summed E-state index contributed by atoms with van der Waals surface area (Å²) in [5.74, 6) is 0.258. The summed E-state index contributed by atoms with van der Waals surface area (Å²) in [6.45, 7) is 4.08. The van der Waals surface area contributed by atoms with Gasteiger partial charge in [0.1, 0.15) is 0 Å². The highest BCUT2D eigenvalue weighted by molar-refractivity contribution is 6.35. The van der Waals surface area contributed by atoms with Crippen molar-refractivity contribution in [3.8, 4) is 0 Å². The van der Waals surface area contributed by atoms with E-state index in [0.29, 0.717) is 0 Å². The van der Waals surface area contributed by atoms with Crippen LogP contribution in [-0.2, 0) is 0 Å². The standard InChI is InChI=1S/C33H24N4/c1-3-19(2)35-33(34)37-27-16-8-13-23-22-12-6-9-20-10-7-15-26(29(20)22)36-25-14-5-4-11-21(25)24-17-18-28(37)31(30(23)27)32(24)36/h4-18,34H,3H2,1-2H3/b34-33?,35-19+. The number of para-hydroxylation sites is 1. The Bertz CT molecular complexity index is 2250. The zero-order valence-corrected chi connectivity index (χ0v) is 20.7. The largest absolute Gasteiger partial charge is 0.308 e. The van der Waals surface area contributed by atoms with Crippen molar-refractivity contribution in [1.29, 1.82) is 5.41 Å². The molecule has 0 fully saturated rings. The van der Waals surface area contributed by atoms with Gasteiger partial charge in [-0.3, -0.25) is 9.98 Å². The monoisotopic (exact) mass is 476 g/mol. The van der Waals surface area contributed by atoms with Crippen LogP contribution in [0, 0.1) is 5.41 Å². The number of nitrogens with one attached hydrogen (secondary N) is 1. The van der Waals surface area contributed by atoms with E-state index >= 15 is 0 Å². The molecule has 8 rings (SSSR count). The third-order valence-electron chi connectivity index (χ3n) is 8.02. The summed E-state index contributed by atoms with van der Waals surface area (Å²) >= 11 is 0. The maximum absolute atomic E-state index is 9.07. The Hall–Kier alpha value is -4.70.